The van der Waals surface area contributed by atoms with Crippen LogP contribution in [0.5, 0.6) is 0 Å². The number of ketones is 1. The summed E-state index contributed by atoms with van der Waals surface area (Å²) in [6.45, 7) is 1.72. The second-order valence-corrected chi connectivity index (χ2v) is 4.96. The average Bonchev–Trinajstić information content (AvgIpc) is 2.77. The van der Waals surface area contributed by atoms with E-state index in [2.05, 4.69) is 0 Å². The van der Waals surface area contributed by atoms with Crippen molar-refractivity contribution in [2.24, 2.45) is 23.7 Å². The van der Waals surface area contributed by atoms with Crippen LogP contribution in [-0.2, 0) is 4.79 Å². The Morgan fingerprint density at radius 1 is 1.50 bits per heavy atom. The normalized spacial score (nSPS) is 36.7. The number of fused-ring (bicyclic) bond motifs is 2. The average molecular weight is 191 g/mol. The molecule has 2 heteroatoms. The van der Waals surface area contributed by atoms with Crippen molar-refractivity contribution in [2.45, 2.75) is 39.0 Å². The molecular weight excluding hydrogens is 174 g/mol. The van der Waals surface area contributed by atoms with Gasteiger partial charge in [0.2, 0.25) is 0 Å². The fourth-order valence-corrected chi connectivity index (χ4v) is 3.13. The number of carbonyl (C=O) groups excluding carboxylic acids is 1. The molecule has 2 rings (SSSR count). The lowest BCUT2D eigenvalue weighted by Crippen LogP contribution is -2.18. The van der Waals surface area contributed by atoms with Gasteiger partial charge >= 0.3 is 0 Å². The number of Topliss-reactive ketones (excluding diaryl/α,β-unsaturated/α-hetero) is 1. The molecule has 2 fully saturated rings. The van der Waals surface area contributed by atoms with Gasteiger partial charge in [0.1, 0.15) is 11.7 Å². The Labute approximate surface area is 85.3 Å². The molecule has 0 N–H and O–H groups in total. The molecule has 0 aromatic carbocycles. The van der Waals surface area contributed by atoms with Crippen molar-refractivity contribution in [1.29, 1.82) is 5.26 Å². The molecule has 76 valence electrons. The van der Waals surface area contributed by atoms with Gasteiger partial charge < -0.3 is 0 Å². The standard InChI is InChI=1S/C12H17NO/c1-8(7-13)12(14)6-11-5-9-2-3-10(11)4-9/h8-11H,2-6H2,1H3. The lowest BCUT2D eigenvalue weighted by atomic mass is 9.83. The van der Waals surface area contributed by atoms with Gasteiger partial charge in [-0.15, -0.1) is 0 Å². The van der Waals surface area contributed by atoms with Crippen molar-refractivity contribution in [3.63, 3.8) is 0 Å². The minimum absolute atomic E-state index is 0.157. The van der Waals surface area contributed by atoms with Crippen LogP contribution in [0, 0.1) is 35.0 Å². The molecule has 0 saturated heterocycles. The molecular formula is C12H17NO. The van der Waals surface area contributed by atoms with E-state index in [9.17, 15) is 4.79 Å². The molecule has 2 saturated carbocycles. The Bertz CT molecular complexity index is 279. The summed E-state index contributed by atoms with van der Waals surface area (Å²) in [7, 11) is 0. The first-order chi connectivity index (χ1) is 6.70. The van der Waals surface area contributed by atoms with E-state index in [0.717, 1.165) is 11.8 Å². The van der Waals surface area contributed by atoms with E-state index >= 15 is 0 Å². The maximum Gasteiger partial charge on any atom is 0.150 e. The highest BCUT2D eigenvalue weighted by Gasteiger charge is 2.40. The first-order valence-corrected chi connectivity index (χ1v) is 5.63. The van der Waals surface area contributed by atoms with E-state index in [1.54, 1.807) is 6.92 Å². The lowest BCUT2D eigenvalue weighted by Gasteiger charge is -2.20. The lowest BCUT2D eigenvalue weighted by molar-refractivity contribution is -0.122. The van der Waals surface area contributed by atoms with Gasteiger partial charge in [0, 0.05) is 6.42 Å². The summed E-state index contributed by atoms with van der Waals surface area (Å²) in [6, 6.07) is 2.03. The molecule has 0 aliphatic heterocycles. The molecule has 2 bridgehead atoms. The summed E-state index contributed by atoms with van der Waals surface area (Å²) in [5.41, 5.74) is 0. The first kappa shape index (κ1) is 9.71. The molecule has 2 aliphatic rings. The Kier molecular flexibility index (Phi) is 2.58. The van der Waals surface area contributed by atoms with Crippen LogP contribution in [0.25, 0.3) is 0 Å². The maximum absolute atomic E-state index is 11.6. The largest absolute Gasteiger partial charge is 0.298 e. The Morgan fingerprint density at radius 2 is 2.29 bits per heavy atom. The summed E-state index contributed by atoms with van der Waals surface area (Å²) >= 11 is 0. The second-order valence-electron chi connectivity index (χ2n) is 4.96. The molecule has 2 nitrogen and oxygen atoms in total. The number of rotatable bonds is 3. The zero-order valence-corrected chi connectivity index (χ0v) is 8.70. The van der Waals surface area contributed by atoms with Crippen molar-refractivity contribution < 1.29 is 4.79 Å². The molecule has 2 aliphatic carbocycles. The van der Waals surface area contributed by atoms with Crippen LogP contribution in [0.2, 0.25) is 0 Å². The molecule has 4 unspecified atom stereocenters. The van der Waals surface area contributed by atoms with Crippen LogP contribution in [0.4, 0.5) is 0 Å². The quantitative estimate of drug-likeness (QED) is 0.687. The molecule has 0 heterocycles. The van der Waals surface area contributed by atoms with Gasteiger partial charge in [-0.2, -0.15) is 5.26 Å². The minimum atomic E-state index is -0.394. The van der Waals surface area contributed by atoms with E-state index in [1.165, 1.54) is 25.7 Å². The Balaban J connectivity index is 1.87. The molecule has 0 aromatic rings. The van der Waals surface area contributed by atoms with E-state index in [4.69, 9.17) is 5.26 Å². The van der Waals surface area contributed by atoms with E-state index in [0.29, 0.717) is 12.3 Å². The van der Waals surface area contributed by atoms with Gasteiger partial charge in [-0.25, -0.2) is 0 Å². The van der Waals surface area contributed by atoms with Gasteiger partial charge in [-0.05, 0) is 43.9 Å². The van der Waals surface area contributed by atoms with Crippen LogP contribution in [0.1, 0.15) is 39.0 Å². The number of hydrogen-bond donors (Lipinski definition) is 0. The number of carbonyl (C=O) groups is 1. The van der Waals surface area contributed by atoms with Crippen molar-refractivity contribution in [1.82, 2.24) is 0 Å². The van der Waals surface area contributed by atoms with Gasteiger partial charge in [0.25, 0.3) is 0 Å². The smallest absolute Gasteiger partial charge is 0.150 e. The minimum Gasteiger partial charge on any atom is -0.298 e. The molecule has 0 radical (unpaired) electrons. The van der Waals surface area contributed by atoms with Crippen LogP contribution < -0.4 is 0 Å². The summed E-state index contributed by atoms with van der Waals surface area (Å²) < 4.78 is 0. The summed E-state index contributed by atoms with van der Waals surface area (Å²) in [6.07, 6.45) is 5.95. The van der Waals surface area contributed by atoms with Crippen LogP contribution in [0.15, 0.2) is 0 Å². The highest BCUT2D eigenvalue weighted by Crippen LogP contribution is 2.49. The first-order valence-electron chi connectivity index (χ1n) is 5.63. The maximum atomic E-state index is 11.6. The molecule has 4 atom stereocenters. The highest BCUT2D eigenvalue weighted by atomic mass is 16.1. The topological polar surface area (TPSA) is 40.9 Å². The van der Waals surface area contributed by atoms with Crippen LogP contribution >= 0.6 is 0 Å². The third kappa shape index (κ3) is 1.68. The number of nitrogens with zero attached hydrogens (tertiary/aromatic N) is 1. The summed E-state index contributed by atoms with van der Waals surface area (Å²) in [5.74, 6) is 2.07. The monoisotopic (exact) mass is 191 g/mol. The van der Waals surface area contributed by atoms with E-state index in [-0.39, 0.29) is 5.78 Å². The molecule has 0 aromatic heterocycles. The van der Waals surface area contributed by atoms with Gasteiger partial charge in [0.05, 0.1) is 6.07 Å². The molecule has 14 heavy (non-hydrogen) atoms. The SMILES string of the molecule is CC(C#N)C(=O)CC1CC2CCC1C2. The number of hydrogen-bond acceptors (Lipinski definition) is 2. The van der Waals surface area contributed by atoms with Crippen molar-refractivity contribution in [2.75, 3.05) is 0 Å². The fourth-order valence-electron chi connectivity index (χ4n) is 3.13. The Hall–Kier alpha value is -0.840. The van der Waals surface area contributed by atoms with Crippen LogP contribution in [0.3, 0.4) is 0 Å². The second kappa shape index (κ2) is 3.73. The third-order valence-corrected chi connectivity index (χ3v) is 4.02. The van der Waals surface area contributed by atoms with Crippen LogP contribution in [-0.4, -0.2) is 5.78 Å². The fraction of sp³-hybridized carbons (Fsp3) is 0.833. The Morgan fingerprint density at radius 3 is 2.79 bits per heavy atom. The van der Waals surface area contributed by atoms with Gasteiger partial charge in [-0.1, -0.05) is 6.42 Å². The van der Waals surface area contributed by atoms with Crippen molar-refractivity contribution >= 4 is 5.78 Å². The van der Waals surface area contributed by atoms with Crippen molar-refractivity contribution in [3.05, 3.63) is 0 Å². The highest BCUT2D eigenvalue weighted by molar-refractivity contribution is 5.83. The predicted molar refractivity (Wildman–Crippen MR) is 53.3 cm³/mol. The van der Waals surface area contributed by atoms with Crippen molar-refractivity contribution in [3.8, 4) is 6.07 Å². The van der Waals surface area contributed by atoms with E-state index < -0.39 is 5.92 Å². The van der Waals surface area contributed by atoms with Gasteiger partial charge in [-0.3, -0.25) is 4.79 Å². The molecule has 0 spiro atoms. The zero-order valence-electron chi connectivity index (χ0n) is 8.70. The summed E-state index contributed by atoms with van der Waals surface area (Å²) in [4.78, 5) is 11.6. The van der Waals surface area contributed by atoms with Gasteiger partial charge in [0.15, 0.2) is 0 Å². The number of nitriles is 1. The molecule has 0 amide bonds. The predicted octanol–water partition coefficient (Wildman–Crippen LogP) is 2.54. The summed E-state index contributed by atoms with van der Waals surface area (Å²) in [5, 5.41) is 8.64. The van der Waals surface area contributed by atoms with E-state index in [1.807, 2.05) is 6.07 Å². The third-order valence-electron chi connectivity index (χ3n) is 4.02. The zero-order chi connectivity index (χ0) is 10.1.